The summed E-state index contributed by atoms with van der Waals surface area (Å²) in [6.45, 7) is 0.528. The smallest absolute Gasteiger partial charge is 0.342 e. The zero-order valence-electron chi connectivity index (χ0n) is 12.8. The van der Waals surface area contributed by atoms with Crippen LogP contribution in [0.4, 0.5) is 13.2 Å². The Morgan fingerprint density at radius 2 is 1.42 bits per heavy atom. The molecule has 0 spiro atoms. The maximum absolute atomic E-state index is 12.6. The van der Waals surface area contributed by atoms with Crippen molar-refractivity contribution in [2.24, 2.45) is 5.73 Å². The van der Waals surface area contributed by atoms with Crippen LogP contribution in [-0.4, -0.2) is 16.5 Å². The van der Waals surface area contributed by atoms with Gasteiger partial charge in [0, 0.05) is 6.42 Å². The number of aromatic nitrogens is 2. The van der Waals surface area contributed by atoms with Gasteiger partial charge in [-0.1, -0.05) is 36.4 Å². The van der Waals surface area contributed by atoms with E-state index in [1.54, 1.807) is 6.20 Å². The first-order valence-corrected chi connectivity index (χ1v) is 7.49. The van der Waals surface area contributed by atoms with Gasteiger partial charge in [-0.15, -0.1) is 0 Å². The van der Waals surface area contributed by atoms with Crippen LogP contribution in [0.5, 0.6) is 0 Å². The molecule has 3 N–H and O–H groups in total. The highest BCUT2D eigenvalue weighted by Gasteiger charge is 2.29. The first-order valence-electron chi connectivity index (χ1n) is 7.49. The lowest BCUT2D eigenvalue weighted by Gasteiger charge is -2.08. The monoisotopic (exact) mass is 331 g/mol. The van der Waals surface area contributed by atoms with Gasteiger partial charge in [-0.25, -0.2) is 4.98 Å². The molecule has 0 aliphatic carbocycles. The Balaban J connectivity index is 1.81. The van der Waals surface area contributed by atoms with Crippen molar-refractivity contribution >= 4 is 0 Å². The fraction of sp³-hybridized carbons (Fsp3) is 0.167. The third-order valence-corrected chi connectivity index (χ3v) is 3.75. The second-order valence-corrected chi connectivity index (χ2v) is 5.43. The van der Waals surface area contributed by atoms with E-state index in [0.717, 1.165) is 40.3 Å². The Hall–Kier alpha value is -2.60. The van der Waals surface area contributed by atoms with Crippen molar-refractivity contribution < 1.29 is 13.2 Å². The summed E-state index contributed by atoms with van der Waals surface area (Å²) >= 11 is 0. The molecule has 0 radical (unpaired) electrons. The number of nitrogens with two attached hydrogens (primary N) is 1. The first kappa shape index (κ1) is 16.3. The van der Waals surface area contributed by atoms with E-state index in [1.165, 1.54) is 12.1 Å². The molecule has 0 aliphatic heterocycles. The van der Waals surface area contributed by atoms with E-state index in [9.17, 15) is 13.2 Å². The minimum absolute atomic E-state index is 0.528. The lowest BCUT2D eigenvalue weighted by atomic mass is 10.0. The van der Waals surface area contributed by atoms with Gasteiger partial charge in [-0.05, 0) is 35.4 Å². The van der Waals surface area contributed by atoms with E-state index in [4.69, 9.17) is 5.73 Å². The predicted octanol–water partition coefficient (Wildman–Crippen LogP) is 4.26. The highest BCUT2D eigenvalue weighted by atomic mass is 19.4. The highest BCUT2D eigenvalue weighted by Crippen LogP contribution is 2.31. The summed E-state index contributed by atoms with van der Waals surface area (Å²) in [6, 6.07) is 12.7. The number of halogens is 3. The number of hydrogen-bond donors (Lipinski definition) is 2. The zero-order chi connectivity index (χ0) is 17.2. The van der Waals surface area contributed by atoms with Gasteiger partial charge >= 0.3 is 6.18 Å². The second-order valence-electron chi connectivity index (χ2n) is 5.43. The van der Waals surface area contributed by atoms with E-state index < -0.39 is 11.7 Å². The number of nitrogens with one attached hydrogen (secondary N) is 1. The summed E-state index contributed by atoms with van der Waals surface area (Å²) in [5.74, 6) is 0.833. The molecule has 0 saturated carbocycles. The van der Waals surface area contributed by atoms with E-state index in [0.29, 0.717) is 13.0 Å². The Kier molecular flexibility index (Phi) is 4.40. The van der Waals surface area contributed by atoms with Gasteiger partial charge in [-0.2, -0.15) is 13.2 Å². The van der Waals surface area contributed by atoms with Crippen LogP contribution in [0.15, 0.2) is 54.7 Å². The average Bonchev–Trinajstić information content (AvgIpc) is 3.03. The molecule has 6 heteroatoms. The van der Waals surface area contributed by atoms with Gasteiger partial charge in [0.1, 0.15) is 5.82 Å². The van der Waals surface area contributed by atoms with Crippen molar-refractivity contribution in [3.8, 4) is 22.4 Å². The molecular formula is C18H16F3N3. The lowest BCUT2D eigenvalue weighted by molar-refractivity contribution is -0.137. The molecule has 2 aromatic carbocycles. The molecule has 124 valence electrons. The van der Waals surface area contributed by atoms with Gasteiger partial charge < -0.3 is 10.7 Å². The first-order chi connectivity index (χ1) is 11.5. The Morgan fingerprint density at radius 3 is 1.96 bits per heavy atom. The number of benzene rings is 2. The average molecular weight is 331 g/mol. The minimum Gasteiger partial charge on any atom is -0.342 e. The molecule has 0 unspecified atom stereocenters. The normalized spacial score (nSPS) is 11.7. The predicted molar refractivity (Wildman–Crippen MR) is 87.2 cm³/mol. The maximum Gasteiger partial charge on any atom is 0.416 e. The quantitative estimate of drug-likeness (QED) is 0.750. The van der Waals surface area contributed by atoms with Crippen molar-refractivity contribution in [3.05, 3.63) is 66.1 Å². The van der Waals surface area contributed by atoms with Crippen LogP contribution in [0.3, 0.4) is 0 Å². The number of rotatable bonds is 4. The van der Waals surface area contributed by atoms with E-state index >= 15 is 0 Å². The van der Waals surface area contributed by atoms with Crippen LogP contribution in [-0.2, 0) is 12.6 Å². The van der Waals surface area contributed by atoms with Crippen LogP contribution in [0.2, 0.25) is 0 Å². The highest BCUT2D eigenvalue weighted by molar-refractivity contribution is 5.68. The number of aromatic amines is 1. The third kappa shape index (κ3) is 3.49. The summed E-state index contributed by atoms with van der Waals surface area (Å²) in [4.78, 5) is 7.45. The molecule has 3 aromatic rings. The minimum atomic E-state index is -4.32. The summed E-state index contributed by atoms with van der Waals surface area (Å²) < 4.78 is 37.8. The molecule has 0 fully saturated rings. The van der Waals surface area contributed by atoms with Gasteiger partial charge in [0.25, 0.3) is 0 Å². The van der Waals surface area contributed by atoms with Crippen LogP contribution in [0.1, 0.15) is 11.4 Å². The van der Waals surface area contributed by atoms with Crippen LogP contribution >= 0.6 is 0 Å². The molecular weight excluding hydrogens is 315 g/mol. The Bertz CT molecular complexity index is 803. The zero-order valence-corrected chi connectivity index (χ0v) is 12.8. The van der Waals surface area contributed by atoms with Gasteiger partial charge in [0.2, 0.25) is 0 Å². The molecule has 1 aromatic heterocycles. The Morgan fingerprint density at radius 1 is 0.875 bits per heavy atom. The topological polar surface area (TPSA) is 54.7 Å². The second kappa shape index (κ2) is 6.49. The van der Waals surface area contributed by atoms with Crippen LogP contribution < -0.4 is 5.73 Å². The number of alkyl halides is 3. The number of hydrogen-bond acceptors (Lipinski definition) is 2. The van der Waals surface area contributed by atoms with Crippen molar-refractivity contribution in [1.82, 2.24) is 9.97 Å². The van der Waals surface area contributed by atoms with Crippen molar-refractivity contribution in [2.45, 2.75) is 12.6 Å². The van der Waals surface area contributed by atoms with Crippen molar-refractivity contribution in [3.63, 3.8) is 0 Å². The molecule has 3 nitrogen and oxygen atoms in total. The van der Waals surface area contributed by atoms with E-state index in [-0.39, 0.29) is 0 Å². The maximum atomic E-state index is 12.6. The number of nitrogens with zero attached hydrogens (tertiary/aromatic N) is 1. The fourth-order valence-corrected chi connectivity index (χ4v) is 2.47. The summed E-state index contributed by atoms with van der Waals surface area (Å²) in [5, 5.41) is 0. The van der Waals surface area contributed by atoms with E-state index in [2.05, 4.69) is 9.97 Å². The number of imidazole rings is 1. The third-order valence-electron chi connectivity index (χ3n) is 3.75. The molecule has 0 atom stereocenters. The van der Waals surface area contributed by atoms with E-state index in [1.807, 2.05) is 24.3 Å². The molecule has 3 rings (SSSR count). The summed E-state index contributed by atoms with van der Waals surface area (Å²) in [6.07, 6.45) is -1.88. The summed E-state index contributed by atoms with van der Waals surface area (Å²) in [5.41, 5.74) is 8.29. The van der Waals surface area contributed by atoms with Crippen LogP contribution in [0, 0.1) is 0 Å². The van der Waals surface area contributed by atoms with Gasteiger partial charge in [0.15, 0.2) is 0 Å². The fourth-order valence-electron chi connectivity index (χ4n) is 2.47. The Labute approximate surface area is 137 Å². The molecule has 0 amide bonds. The largest absolute Gasteiger partial charge is 0.416 e. The lowest BCUT2D eigenvalue weighted by Crippen LogP contribution is -2.04. The molecule has 0 bridgehead atoms. The van der Waals surface area contributed by atoms with Crippen molar-refractivity contribution in [1.29, 1.82) is 0 Å². The SMILES string of the molecule is NCCc1ncc(-c2ccc(-c3ccc(C(F)(F)F)cc3)cc2)[nH]1. The molecule has 1 heterocycles. The van der Waals surface area contributed by atoms with Gasteiger partial charge in [0.05, 0.1) is 17.5 Å². The molecule has 0 saturated heterocycles. The van der Waals surface area contributed by atoms with Gasteiger partial charge in [-0.3, -0.25) is 0 Å². The summed E-state index contributed by atoms with van der Waals surface area (Å²) in [7, 11) is 0. The molecule has 24 heavy (non-hydrogen) atoms. The van der Waals surface area contributed by atoms with Crippen molar-refractivity contribution in [2.75, 3.05) is 6.54 Å². The van der Waals surface area contributed by atoms with Crippen LogP contribution in [0.25, 0.3) is 22.4 Å². The standard InChI is InChI=1S/C18H16F3N3/c19-18(20,21)15-7-5-13(6-8-15)12-1-3-14(4-2-12)16-11-23-17(24-16)9-10-22/h1-8,11H,9-10,22H2,(H,23,24). The molecule has 0 aliphatic rings. The number of H-pyrrole nitrogens is 1.